The van der Waals surface area contributed by atoms with Crippen LogP contribution in [-0.2, 0) is 4.79 Å². The highest BCUT2D eigenvalue weighted by molar-refractivity contribution is 6.07. The number of likely N-dealkylation sites (tertiary alicyclic amines) is 1. The molecule has 0 aromatic heterocycles. The van der Waals surface area contributed by atoms with Gasteiger partial charge in [0.25, 0.3) is 5.91 Å². The summed E-state index contributed by atoms with van der Waals surface area (Å²) in [5, 5.41) is 5.03. The molecule has 0 unspecified atom stereocenters. The number of hydrogen-bond donors (Lipinski definition) is 1. The molecule has 4 rings (SSSR count). The standard InChI is InChI=1S/C17H16N2O2/c20-16-8-12-9-19(10-15(12)18-16)17(21)14-7-3-5-11-4-1-2-6-13(11)14/h1-7,12,15H,8-10H2,(H,18,20)/t12-,15+/m0/s1. The van der Waals surface area contributed by atoms with Crippen LogP contribution < -0.4 is 5.32 Å². The fourth-order valence-corrected chi connectivity index (χ4v) is 3.49. The Morgan fingerprint density at radius 3 is 2.76 bits per heavy atom. The van der Waals surface area contributed by atoms with Gasteiger partial charge in [-0.25, -0.2) is 0 Å². The van der Waals surface area contributed by atoms with E-state index in [0.717, 1.165) is 16.3 Å². The summed E-state index contributed by atoms with van der Waals surface area (Å²) in [5.74, 6) is 0.453. The smallest absolute Gasteiger partial charge is 0.254 e. The Kier molecular flexibility index (Phi) is 2.70. The van der Waals surface area contributed by atoms with E-state index in [-0.39, 0.29) is 23.8 Å². The fourth-order valence-electron chi connectivity index (χ4n) is 3.49. The minimum absolute atomic E-state index is 0.0652. The number of benzene rings is 2. The van der Waals surface area contributed by atoms with Gasteiger partial charge < -0.3 is 10.2 Å². The topological polar surface area (TPSA) is 49.4 Å². The van der Waals surface area contributed by atoms with E-state index in [1.807, 2.05) is 47.4 Å². The second-order valence-electron chi connectivity index (χ2n) is 5.88. The minimum atomic E-state index is 0.0652. The van der Waals surface area contributed by atoms with E-state index >= 15 is 0 Å². The number of hydrogen-bond acceptors (Lipinski definition) is 2. The first kappa shape index (κ1) is 12.4. The summed E-state index contributed by atoms with van der Waals surface area (Å²) >= 11 is 0. The van der Waals surface area contributed by atoms with Gasteiger partial charge in [0, 0.05) is 31.0 Å². The normalized spacial score (nSPS) is 24.2. The summed E-state index contributed by atoms with van der Waals surface area (Å²) in [5.41, 5.74) is 0.749. The maximum Gasteiger partial charge on any atom is 0.254 e. The van der Waals surface area contributed by atoms with Gasteiger partial charge in [-0.15, -0.1) is 0 Å². The molecule has 1 N–H and O–H groups in total. The van der Waals surface area contributed by atoms with E-state index in [4.69, 9.17) is 0 Å². The highest BCUT2D eigenvalue weighted by Crippen LogP contribution is 2.28. The van der Waals surface area contributed by atoms with E-state index in [1.165, 1.54) is 0 Å². The monoisotopic (exact) mass is 280 g/mol. The molecule has 2 aromatic carbocycles. The molecule has 0 aliphatic carbocycles. The number of rotatable bonds is 1. The number of carbonyl (C=O) groups is 2. The third-order valence-corrected chi connectivity index (χ3v) is 4.54. The lowest BCUT2D eigenvalue weighted by molar-refractivity contribution is -0.119. The van der Waals surface area contributed by atoms with Gasteiger partial charge in [-0.2, -0.15) is 0 Å². The van der Waals surface area contributed by atoms with Gasteiger partial charge in [0.15, 0.2) is 0 Å². The molecule has 2 aliphatic rings. The van der Waals surface area contributed by atoms with Crippen LogP contribution >= 0.6 is 0 Å². The highest BCUT2D eigenvalue weighted by atomic mass is 16.2. The van der Waals surface area contributed by atoms with Crippen molar-refractivity contribution in [1.29, 1.82) is 0 Å². The van der Waals surface area contributed by atoms with Gasteiger partial charge in [0.2, 0.25) is 5.91 Å². The molecule has 0 bridgehead atoms. The van der Waals surface area contributed by atoms with Gasteiger partial charge >= 0.3 is 0 Å². The Morgan fingerprint density at radius 2 is 1.90 bits per heavy atom. The molecule has 0 radical (unpaired) electrons. The molecule has 2 heterocycles. The van der Waals surface area contributed by atoms with E-state index in [0.29, 0.717) is 19.5 Å². The van der Waals surface area contributed by atoms with Gasteiger partial charge in [0.1, 0.15) is 0 Å². The maximum atomic E-state index is 12.8. The van der Waals surface area contributed by atoms with Gasteiger partial charge in [-0.05, 0) is 16.8 Å². The molecule has 0 saturated carbocycles. The predicted molar refractivity (Wildman–Crippen MR) is 79.9 cm³/mol. The van der Waals surface area contributed by atoms with Crippen LogP contribution in [0.3, 0.4) is 0 Å². The van der Waals surface area contributed by atoms with Crippen molar-refractivity contribution in [3.8, 4) is 0 Å². The third kappa shape index (κ3) is 1.98. The van der Waals surface area contributed by atoms with Crippen LogP contribution in [0.15, 0.2) is 42.5 Å². The second-order valence-corrected chi connectivity index (χ2v) is 5.88. The predicted octanol–water partition coefficient (Wildman–Crippen LogP) is 1.80. The van der Waals surface area contributed by atoms with Gasteiger partial charge in [-0.1, -0.05) is 36.4 Å². The van der Waals surface area contributed by atoms with Crippen molar-refractivity contribution in [3.05, 3.63) is 48.0 Å². The van der Waals surface area contributed by atoms with Crippen LogP contribution in [0.2, 0.25) is 0 Å². The minimum Gasteiger partial charge on any atom is -0.351 e. The lowest BCUT2D eigenvalue weighted by Gasteiger charge is -2.18. The summed E-state index contributed by atoms with van der Waals surface area (Å²) < 4.78 is 0. The average Bonchev–Trinajstić information content (AvgIpc) is 3.03. The van der Waals surface area contributed by atoms with Crippen LogP contribution in [0.1, 0.15) is 16.8 Å². The average molecular weight is 280 g/mol. The summed E-state index contributed by atoms with van der Waals surface area (Å²) in [6.45, 7) is 1.30. The molecule has 2 saturated heterocycles. The van der Waals surface area contributed by atoms with Crippen LogP contribution in [0.4, 0.5) is 0 Å². The summed E-state index contributed by atoms with van der Waals surface area (Å²) in [4.78, 5) is 26.0. The number of fused-ring (bicyclic) bond motifs is 2. The zero-order chi connectivity index (χ0) is 14.4. The fraction of sp³-hybridized carbons (Fsp3) is 0.294. The van der Waals surface area contributed by atoms with Gasteiger partial charge in [0.05, 0.1) is 6.04 Å². The quantitative estimate of drug-likeness (QED) is 0.866. The lowest BCUT2D eigenvalue weighted by atomic mass is 10.0. The molecule has 0 spiro atoms. The molecule has 21 heavy (non-hydrogen) atoms. The molecular weight excluding hydrogens is 264 g/mol. The van der Waals surface area contributed by atoms with Crippen molar-refractivity contribution in [2.45, 2.75) is 12.5 Å². The van der Waals surface area contributed by atoms with Crippen molar-refractivity contribution in [3.63, 3.8) is 0 Å². The molecule has 2 aromatic rings. The second kappa shape index (κ2) is 4.58. The van der Waals surface area contributed by atoms with Crippen LogP contribution in [0.25, 0.3) is 10.8 Å². The Hall–Kier alpha value is -2.36. The summed E-state index contributed by atoms with van der Waals surface area (Å²) in [7, 11) is 0. The molecule has 2 amide bonds. The highest BCUT2D eigenvalue weighted by Gasteiger charge is 2.41. The first-order valence-electron chi connectivity index (χ1n) is 7.29. The van der Waals surface area contributed by atoms with Crippen molar-refractivity contribution < 1.29 is 9.59 Å². The Labute approximate surface area is 122 Å². The van der Waals surface area contributed by atoms with Crippen molar-refractivity contribution in [2.24, 2.45) is 5.92 Å². The number of nitrogens with zero attached hydrogens (tertiary/aromatic N) is 1. The van der Waals surface area contributed by atoms with Crippen LogP contribution in [-0.4, -0.2) is 35.8 Å². The Morgan fingerprint density at radius 1 is 1.10 bits per heavy atom. The zero-order valence-electron chi connectivity index (χ0n) is 11.6. The summed E-state index contributed by atoms with van der Waals surface area (Å²) in [6.07, 6.45) is 0.546. The van der Waals surface area contributed by atoms with Crippen molar-refractivity contribution in [1.82, 2.24) is 10.2 Å². The van der Waals surface area contributed by atoms with Crippen molar-refractivity contribution >= 4 is 22.6 Å². The SMILES string of the molecule is O=C1C[C@H]2CN(C(=O)c3cccc4ccccc34)C[C@H]2N1. The Balaban J connectivity index is 1.64. The molecule has 106 valence electrons. The molecule has 4 nitrogen and oxygen atoms in total. The van der Waals surface area contributed by atoms with E-state index < -0.39 is 0 Å². The molecule has 2 aliphatic heterocycles. The van der Waals surface area contributed by atoms with Gasteiger partial charge in [-0.3, -0.25) is 9.59 Å². The molecule has 2 fully saturated rings. The number of carbonyl (C=O) groups excluding carboxylic acids is 2. The molecular formula is C17H16N2O2. The van der Waals surface area contributed by atoms with Crippen LogP contribution in [0.5, 0.6) is 0 Å². The third-order valence-electron chi connectivity index (χ3n) is 4.54. The first-order chi connectivity index (χ1) is 10.2. The number of nitrogens with one attached hydrogen (secondary N) is 1. The molecule has 2 atom stereocenters. The van der Waals surface area contributed by atoms with E-state index in [9.17, 15) is 9.59 Å². The summed E-state index contributed by atoms with van der Waals surface area (Å²) in [6, 6.07) is 13.9. The van der Waals surface area contributed by atoms with Crippen LogP contribution in [0, 0.1) is 5.92 Å². The van der Waals surface area contributed by atoms with E-state index in [2.05, 4.69) is 5.32 Å². The Bertz CT molecular complexity index is 719. The zero-order valence-corrected chi connectivity index (χ0v) is 11.6. The first-order valence-corrected chi connectivity index (χ1v) is 7.29. The number of amides is 2. The van der Waals surface area contributed by atoms with E-state index in [1.54, 1.807) is 0 Å². The van der Waals surface area contributed by atoms with Crippen molar-refractivity contribution in [2.75, 3.05) is 13.1 Å². The maximum absolute atomic E-state index is 12.8. The lowest BCUT2D eigenvalue weighted by Crippen LogP contribution is -2.35. The molecule has 4 heteroatoms. The largest absolute Gasteiger partial charge is 0.351 e.